The summed E-state index contributed by atoms with van der Waals surface area (Å²) < 4.78 is 1.88. The summed E-state index contributed by atoms with van der Waals surface area (Å²) >= 11 is 0. The van der Waals surface area contributed by atoms with Gasteiger partial charge in [0.1, 0.15) is 11.6 Å². The molecule has 0 fully saturated rings. The molecule has 0 aromatic carbocycles. The summed E-state index contributed by atoms with van der Waals surface area (Å²) in [4.78, 5) is 11.1. The molecule has 3 rings (SSSR count). The van der Waals surface area contributed by atoms with Crippen LogP contribution in [0.2, 0.25) is 0 Å². The van der Waals surface area contributed by atoms with Crippen LogP contribution in [0.3, 0.4) is 0 Å². The highest BCUT2D eigenvalue weighted by atomic mass is 15.5. The van der Waals surface area contributed by atoms with E-state index in [9.17, 15) is 0 Å². The quantitative estimate of drug-likeness (QED) is 0.639. The number of aromatic nitrogens is 9. The Hall–Kier alpha value is -2.58. The molecule has 9 nitrogen and oxygen atoms in total. The first kappa shape index (κ1) is 20.2. The number of H-pyrrole nitrogens is 1. The van der Waals surface area contributed by atoms with Crippen molar-refractivity contribution in [1.82, 2.24) is 44.9 Å². The number of rotatable bonds is 8. The molecular weight excluding hydrogens is 354 g/mol. The molecule has 3 aromatic heterocycles. The van der Waals surface area contributed by atoms with E-state index in [1.165, 1.54) is 0 Å². The average Bonchev–Trinajstić information content (AvgIpc) is 3.33. The molecule has 0 aliphatic heterocycles. The average molecular weight is 386 g/mol. The molecule has 3 aromatic rings. The fourth-order valence-corrected chi connectivity index (χ4v) is 3.03. The van der Waals surface area contributed by atoms with E-state index in [-0.39, 0.29) is 12.0 Å². The minimum atomic E-state index is 0.122. The first-order chi connectivity index (χ1) is 13.2. The summed E-state index contributed by atoms with van der Waals surface area (Å²) in [6, 6.07) is 0.122. The number of hydrogen-bond donors (Lipinski definition) is 1. The van der Waals surface area contributed by atoms with Gasteiger partial charge in [0.15, 0.2) is 11.6 Å². The molecule has 0 amide bonds. The summed E-state index contributed by atoms with van der Waals surface area (Å²) in [5.74, 6) is 4.20. The van der Waals surface area contributed by atoms with Gasteiger partial charge in [-0.25, -0.2) is 9.97 Å². The van der Waals surface area contributed by atoms with Gasteiger partial charge in [-0.2, -0.15) is 25.2 Å². The second-order valence-corrected chi connectivity index (χ2v) is 7.99. The normalized spacial score (nSPS) is 14.0. The molecule has 9 heteroatoms. The second-order valence-electron chi connectivity index (χ2n) is 7.99. The Morgan fingerprint density at radius 2 is 1.61 bits per heavy atom. The first-order valence-corrected chi connectivity index (χ1v) is 9.95. The van der Waals surface area contributed by atoms with E-state index in [2.05, 4.69) is 58.2 Å². The zero-order chi connectivity index (χ0) is 20.4. The molecule has 2 unspecified atom stereocenters. The van der Waals surface area contributed by atoms with Gasteiger partial charge >= 0.3 is 0 Å². The summed E-state index contributed by atoms with van der Waals surface area (Å²) in [5, 5.41) is 20.9. The SMILES string of the molecule is Cc1nn(C(C)Cc2nc(C(C)CCc3nc(C(C)C)nn3C)n[nH]2)nc1C. The van der Waals surface area contributed by atoms with Gasteiger partial charge in [0, 0.05) is 31.7 Å². The first-order valence-electron chi connectivity index (χ1n) is 9.95. The lowest BCUT2D eigenvalue weighted by Gasteiger charge is -2.08. The maximum absolute atomic E-state index is 4.69. The van der Waals surface area contributed by atoms with Crippen LogP contribution in [0.15, 0.2) is 0 Å². The van der Waals surface area contributed by atoms with E-state index in [1.807, 2.05) is 25.6 Å². The van der Waals surface area contributed by atoms with Gasteiger partial charge in [0.05, 0.1) is 17.4 Å². The van der Waals surface area contributed by atoms with Crippen molar-refractivity contribution in [3.8, 4) is 0 Å². The van der Waals surface area contributed by atoms with Gasteiger partial charge in [-0.1, -0.05) is 20.8 Å². The van der Waals surface area contributed by atoms with Crippen LogP contribution in [0.4, 0.5) is 0 Å². The molecule has 0 saturated heterocycles. The Bertz CT molecular complexity index is 898. The number of nitrogens with zero attached hydrogens (tertiary/aromatic N) is 8. The van der Waals surface area contributed by atoms with Crippen molar-refractivity contribution in [2.24, 2.45) is 7.05 Å². The molecule has 0 saturated carbocycles. The largest absolute Gasteiger partial charge is 0.263 e. The van der Waals surface area contributed by atoms with Crippen molar-refractivity contribution in [1.29, 1.82) is 0 Å². The standard InChI is InChI=1S/C19H31N9/c1-11(2)18-21-17(27(7)26-18)9-8-12(3)19-20-16(22-23-19)10-13(4)28-24-14(5)15(6)25-28/h11-13H,8-10H2,1-7H3,(H,20,22,23). The lowest BCUT2D eigenvalue weighted by Crippen LogP contribution is -2.12. The lowest BCUT2D eigenvalue weighted by atomic mass is 10.0. The summed E-state index contributed by atoms with van der Waals surface area (Å²) in [6.45, 7) is 12.4. The zero-order valence-corrected chi connectivity index (χ0v) is 17.9. The van der Waals surface area contributed by atoms with Crippen molar-refractivity contribution < 1.29 is 0 Å². The van der Waals surface area contributed by atoms with E-state index >= 15 is 0 Å². The van der Waals surface area contributed by atoms with Crippen LogP contribution in [-0.4, -0.2) is 44.9 Å². The van der Waals surface area contributed by atoms with Crippen molar-refractivity contribution in [3.05, 3.63) is 34.7 Å². The number of hydrogen-bond acceptors (Lipinski definition) is 6. The Morgan fingerprint density at radius 3 is 2.21 bits per heavy atom. The monoisotopic (exact) mass is 385 g/mol. The van der Waals surface area contributed by atoms with Gasteiger partial charge in [-0.15, -0.1) is 0 Å². The van der Waals surface area contributed by atoms with Crippen LogP contribution in [0, 0.1) is 13.8 Å². The predicted molar refractivity (Wildman–Crippen MR) is 106 cm³/mol. The predicted octanol–water partition coefficient (Wildman–Crippen LogP) is 2.80. The van der Waals surface area contributed by atoms with E-state index in [0.29, 0.717) is 12.3 Å². The minimum absolute atomic E-state index is 0.122. The topological polar surface area (TPSA) is 103 Å². The molecule has 3 heterocycles. The van der Waals surface area contributed by atoms with Crippen molar-refractivity contribution >= 4 is 0 Å². The van der Waals surface area contributed by atoms with Gasteiger partial charge < -0.3 is 0 Å². The van der Waals surface area contributed by atoms with Crippen LogP contribution >= 0.6 is 0 Å². The maximum atomic E-state index is 4.69. The maximum Gasteiger partial charge on any atom is 0.153 e. The van der Waals surface area contributed by atoms with Crippen molar-refractivity contribution in [2.45, 2.75) is 78.7 Å². The third-order valence-corrected chi connectivity index (χ3v) is 5.09. The molecular formula is C19H31N9. The summed E-state index contributed by atoms with van der Waals surface area (Å²) in [6.07, 6.45) is 2.50. The van der Waals surface area contributed by atoms with Gasteiger partial charge in [0.25, 0.3) is 0 Å². The van der Waals surface area contributed by atoms with Crippen LogP contribution in [-0.2, 0) is 19.9 Å². The van der Waals surface area contributed by atoms with E-state index in [4.69, 9.17) is 4.98 Å². The lowest BCUT2D eigenvalue weighted by molar-refractivity contribution is 0.422. The molecule has 28 heavy (non-hydrogen) atoms. The highest BCUT2D eigenvalue weighted by Gasteiger charge is 2.17. The molecule has 2 atom stereocenters. The third kappa shape index (κ3) is 4.45. The zero-order valence-electron chi connectivity index (χ0n) is 17.9. The molecule has 152 valence electrons. The molecule has 1 N–H and O–H groups in total. The van der Waals surface area contributed by atoms with Crippen LogP contribution < -0.4 is 0 Å². The second kappa shape index (κ2) is 8.20. The Morgan fingerprint density at radius 1 is 0.929 bits per heavy atom. The summed E-state index contributed by atoms with van der Waals surface area (Å²) in [7, 11) is 1.96. The van der Waals surface area contributed by atoms with Crippen LogP contribution in [0.5, 0.6) is 0 Å². The third-order valence-electron chi connectivity index (χ3n) is 5.09. The van der Waals surface area contributed by atoms with E-state index in [0.717, 1.165) is 47.5 Å². The van der Waals surface area contributed by atoms with Crippen molar-refractivity contribution in [3.63, 3.8) is 0 Å². The Balaban J connectivity index is 1.58. The molecule has 0 spiro atoms. The molecule has 0 aliphatic carbocycles. The van der Waals surface area contributed by atoms with E-state index < -0.39 is 0 Å². The highest BCUT2D eigenvalue weighted by Crippen LogP contribution is 2.19. The van der Waals surface area contributed by atoms with Crippen LogP contribution in [0.25, 0.3) is 0 Å². The van der Waals surface area contributed by atoms with Gasteiger partial charge in [-0.3, -0.25) is 9.78 Å². The molecule has 0 bridgehead atoms. The smallest absolute Gasteiger partial charge is 0.153 e. The number of nitrogens with one attached hydrogen (secondary N) is 1. The molecule has 0 radical (unpaired) electrons. The van der Waals surface area contributed by atoms with Crippen molar-refractivity contribution in [2.75, 3.05) is 0 Å². The number of aromatic amines is 1. The molecule has 0 aliphatic rings. The minimum Gasteiger partial charge on any atom is -0.263 e. The van der Waals surface area contributed by atoms with Crippen LogP contribution in [0.1, 0.15) is 86.7 Å². The number of aryl methyl sites for hydroxylation is 4. The fraction of sp³-hybridized carbons (Fsp3) is 0.684. The highest BCUT2D eigenvalue weighted by molar-refractivity contribution is 5.04. The van der Waals surface area contributed by atoms with Gasteiger partial charge in [0.2, 0.25) is 0 Å². The summed E-state index contributed by atoms with van der Waals surface area (Å²) in [5.41, 5.74) is 1.92. The fourth-order valence-electron chi connectivity index (χ4n) is 3.03. The van der Waals surface area contributed by atoms with Gasteiger partial charge in [-0.05, 0) is 27.2 Å². The Labute approximate surface area is 166 Å². The van der Waals surface area contributed by atoms with E-state index in [1.54, 1.807) is 4.80 Å². The Kier molecular flexibility index (Phi) is 5.90.